The van der Waals surface area contributed by atoms with E-state index in [9.17, 15) is 20.1 Å². The van der Waals surface area contributed by atoms with Crippen molar-refractivity contribution < 1.29 is 19.1 Å². The number of hydrogen-bond donors (Lipinski definition) is 0. The summed E-state index contributed by atoms with van der Waals surface area (Å²) in [4.78, 5) is 26.3. The van der Waals surface area contributed by atoms with Crippen LogP contribution in [0.5, 0.6) is 0 Å². The van der Waals surface area contributed by atoms with Crippen LogP contribution in [-0.2, 0) is 19.1 Å². The molecule has 0 N–H and O–H groups in total. The summed E-state index contributed by atoms with van der Waals surface area (Å²) in [5.41, 5.74) is -1.51. The van der Waals surface area contributed by atoms with Crippen LogP contribution in [0.25, 0.3) is 12.2 Å². The Kier molecular flexibility index (Phi) is 9.58. The summed E-state index contributed by atoms with van der Waals surface area (Å²) in [6.07, 6.45) is 2.76. The van der Waals surface area contributed by atoms with Crippen molar-refractivity contribution in [2.45, 2.75) is 65.6 Å². The summed E-state index contributed by atoms with van der Waals surface area (Å²) in [7, 11) is 0. The van der Waals surface area contributed by atoms with E-state index in [2.05, 4.69) is 12.1 Å². The second-order valence-corrected chi connectivity index (χ2v) is 10.8. The largest absolute Gasteiger partial charge is 0.457 e. The molecule has 2 aromatic rings. The van der Waals surface area contributed by atoms with Crippen LogP contribution in [-0.4, -0.2) is 23.1 Å². The highest BCUT2D eigenvalue weighted by atomic mass is 16.6. The average Bonchev–Trinajstić information content (AvgIpc) is 2.81. The van der Waals surface area contributed by atoms with Crippen LogP contribution in [0.4, 0.5) is 0 Å². The van der Waals surface area contributed by atoms with E-state index in [1.807, 2.05) is 60.7 Å². The zero-order chi connectivity index (χ0) is 27.7. The molecule has 0 aliphatic heterocycles. The van der Waals surface area contributed by atoms with Crippen molar-refractivity contribution in [2.24, 2.45) is 5.41 Å². The molecule has 0 spiro atoms. The lowest BCUT2D eigenvalue weighted by Gasteiger charge is -2.26. The van der Waals surface area contributed by atoms with Crippen molar-refractivity contribution in [3.05, 3.63) is 82.9 Å². The zero-order valence-corrected chi connectivity index (χ0v) is 22.4. The van der Waals surface area contributed by atoms with Gasteiger partial charge in [-0.25, -0.2) is 9.59 Å². The molecule has 0 heterocycles. The van der Waals surface area contributed by atoms with Crippen LogP contribution in [0.1, 0.15) is 65.5 Å². The van der Waals surface area contributed by atoms with Gasteiger partial charge in [0, 0.05) is 24.0 Å². The molecule has 0 aliphatic carbocycles. The maximum atomic E-state index is 13.2. The summed E-state index contributed by atoms with van der Waals surface area (Å²) in [5.74, 6) is -1.26. The minimum absolute atomic E-state index is 0.160. The minimum atomic E-state index is -1.73. The van der Waals surface area contributed by atoms with E-state index >= 15 is 0 Å². The Morgan fingerprint density at radius 2 is 1.00 bits per heavy atom. The fourth-order valence-electron chi connectivity index (χ4n) is 3.45. The summed E-state index contributed by atoms with van der Waals surface area (Å²) in [5, 5.41) is 20.4. The molecule has 2 rings (SSSR count). The monoisotopic (exact) mass is 498 g/mol. The van der Waals surface area contributed by atoms with E-state index in [1.54, 1.807) is 53.7 Å². The molecule has 0 aromatic heterocycles. The van der Waals surface area contributed by atoms with Gasteiger partial charge in [0.05, 0.1) is 12.1 Å². The van der Waals surface area contributed by atoms with Crippen molar-refractivity contribution in [3.8, 4) is 12.1 Å². The molecule has 0 saturated carbocycles. The molecule has 0 fully saturated rings. The summed E-state index contributed by atoms with van der Waals surface area (Å²) in [6, 6.07) is 22.4. The van der Waals surface area contributed by atoms with E-state index in [1.165, 1.54) is 0 Å². The lowest BCUT2D eigenvalue weighted by molar-refractivity contribution is -0.150. The highest BCUT2D eigenvalue weighted by molar-refractivity contribution is 5.95. The van der Waals surface area contributed by atoms with Gasteiger partial charge in [-0.1, -0.05) is 60.7 Å². The molecule has 6 heteroatoms. The minimum Gasteiger partial charge on any atom is -0.457 e. The molecule has 6 nitrogen and oxygen atoms in total. The molecule has 37 heavy (non-hydrogen) atoms. The molecule has 192 valence electrons. The molecule has 0 amide bonds. The van der Waals surface area contributed by atoms with Gasteiger partial charge in [0.1, 0.15) is 11.2 Å². The van der Waals surface area contributed by atoms with Gasteiger partial charge in [0.15, 0.2) is 5.41 Å². The number of carbonyl (C=O) groups is 2. The first kappa shape index (κ1) is 29.1. The lowest BCUT2D eigenvalue weighted by atomic mass is 9.78. The second-order valence-electron chi connectivity index (χ2n) is 10.8. The normalized spacial score (nSPS) is 12.8. The maximum Gasteiger partial charge on any atom is 0.334 e. The molecule has 0 atom stereocenters. The van der Waals surface area contributed by atoms with Crippen molar-refractivity contribution in [1.82, 2.24) is 0 Å². The molecule has 0 saturated heterocycles. The third-order valence-electron chi connectivity index (χ3n) is 5.02. The predicted octanol–water partition coefficient (Wildman–Crippen LogP) is 6.65. The molecular weight excluding hydrogens is 464 g/mol. The Balaban J connectivity index is 2.55. The summed E-state index contributed by atoms with van der Waals surface area (Å²) < 4.78 is 11.2. The number of ether oxygens (including phenoxy) is 2. The van der Waals surface area contributed by atoms with Crippen molar-refractivity contribution in [3.63, 3.8) is 0 Å². The summed E-state index contributed by atoms with van der Waals surface area (Å²) >= 11 is 0. The predicted molar refractivity (Wildman–Crippen MR) is 143 cm³/mol. The Labute approximate surface area is 219 Å². The van der Waals surface area contributed by atoms with Crippen LogP contribution >= 0.6 is 0 Å². The number of carbonyl (C=O) groups excluding carboxylic acids is 2. The maximum absolute atomic E-state index is 13.2. The Morgan fingerprint density at radius 3 is 1.27 bits per heavy atom. The fourth-order valence-corrected chi connectivity index (χ4v) is 3.45. The van der Waals surface area contributed by atoms with Gasteiger partial charge in [-0.3, -0.25) is 0 Å². The molecular formula is C31H34N2O4. The lowest BCUT2D eigenvalue weighted by Crippen LogP contribution is -2.29. The number of rotatable bonds is 8. The molecule has 0 unspecified atom stereocenters. The van der Waals surface area contributed by atoms with Crippen LogP contribution in [0, 0.1) is 28.1 Å². The Morgan fingerprint density at radius 1 is 0.676 bits per heavy atom. The number of nitriles is 2. The van der Waals surface area contributed by atoms with Gasteiger partial charge >= 0.3 is 11.9 Å². The quantitative estimate of drug-likeness (QED) is 0.298. The van der Waals surface area contributed by atoms with Gasteiger partial charge in [-0.15, -0.1) is 0 Å². The smallest absolute Gasteiger partial charge is 0.334 e. The topological polar surface area (TPSA) is 100 Å². The molecule has 0 bridgehead atoms. The third-order valence-corrected chi connectivity index (χ3v) is 5.02. The van der Waals surface area contributed by atoms with Crippen molar-refractivity contribution in [1.29, 1.82) is 10.5 Å². The SMILES string of the molecule is CC(C)(C)OC(=O)/C(=C/c1ccccc1)CC(C#N)(C#N)C/C(=C\c1ccccc1)C(=O)OC(C)(C)C. The van der Waals surface area contributed by atoms with Gasteiger partial charge in [-0.05, 0) is 64.8 Å². The van der Waals surface area contributed by atoms with Gasteiger partial charge in [-0.2, -0.15) is 10.5 Å². The van der Waals surface area contributed by atoms with E-state index in [0.717, 1.165) is 11.1 Å². The molecule has 0 radical (unpaired) electrons. The average molecular weight is 499 g/mol. The van der Waals surface area contributed by atoms with E-state index in [0.29, 0.717) is 0 Å². The van der Waals surface area contributed by atoms with Gasteiger partial charge in [0.25, 0.3) is 0 Å². The van der Waals surface area contributed by atoms with E-state index in [4.69, 9.17) is 9.47 Å². The Bertz CT molecular complexity index is 1130. The fraction of sp³-hybridized carbons (Fsp3) is 0.355. The van der Waals surface area contributed by atoms with Crippen LogP contribution in [0.15, 0.2) is 71.8 Å². The zero-order valence-electron chi connectivity index (χ0n) is 22.4. The number of hydrogen-bond acceptors (Lipinski definition) is 6. The highest BCUT2D eigenvalue weighted by Gasteiger charge is 2.38. The van der Waals surface area contributed by atoms with Gasteiger partial charge in [0.2, 0.25) is 0 Å². The number of esters is 2. The van der Waals surface area contributed by atoms with Crippen molar-refractivity contribution in [2.75, 3.05) is 0 Å². The standard InChI is InChI=1S/C31H34N2O4/c1-29(2,3)36-27(34)25(17-23-13-9-7-10-14-23)19-31(21-32,22-33)20-26(28(35)37-30(4,5)6)18-24-15-11-8-12-16-24/h7-18H,19-20H2,1-6H3/b25-17+,26-18+. The number of benzene rings is 2. The Hall–Kier alpha value is -4.16. The van der Waals surface area contributed by atoms with Crippen LogP contribution in [0.2, 0.25) is 0 Å². The van der Waals surface area contributed by atoms with Crippen molar-refractivity contribution >= 4 is 24.1 Å². The molecule has 0 aliphatic rings. The third kappa shape index (κ3) is 9.78. The summed E-state index contributed by atoms with van der Waals surface area (Å²) in [6.45, 7) is 10.5. The van der Waals surface area contributed by atoms with E-state index < -0.39 is 28.6 Å². The second kappa shape index (κ2) is 12.2. The highest BCUT2D eigenvalue weighted by Crippen LogP contribution is 2.36. The first-order valence-corrected chi connectivity index (χ1v) is 12.1. The van der Waals surface area contributed by atoms with Gasteiger partial charge < -0.3 is 9.47 Å². The van der Waals surface area contributed by atoms with Crippen LogP contribution in [0.3, 0.4) is 0 Å². The first-order chi connectivity index (χ1) is 17.3. The molecule has 2 aromatic carbocycles. The van der Waals surface area contributed by atoms with E-state index in [-0.39, 0.29) is 24.0 Å². The number of nitrogens with zero attached hydrogens (tertiary/aromatic N) is 2. The first-order valence-electron chi connectivity index (χ1n) is 12.1. The van der Waals surface area contributed by atoms with Crippen LogP contribution < -0.4 is 0 Å².